The Bertz CT molecular complexity index is 585. The van der Waals surface area contributed by atoms with E-state index in [2.05, 4.69) is 20.1 Å². The molecule has 2 heterocycles. The van der Waals surface area contributed by atoms with Crippen LogP contribution >= 0.6 is 0 Å². The molecule has 0 atom stereocenters. The molecule has 118 valence electrons. The van der Waals surface area contributed by atoms with Crippen LogP contribution in [0.5, 0.6) is 0 Å². The highest BCUT2D eigenvalue weighted by Gasteiger charge is 2.54. The lowest BCUT2D eigenvalue weighted by Crippen LogP contribution is -2.53. The monoisotopic (exact) mass is 300 g/mol. The average molecular weight is 300 g/mol. The first-order valence-electron chi connectivity index (χ1n) is 8.91. The maximum Gasteiger partial charge on any atom is 0.226 e. The fraction of sp³-hybridized carbons (Fsp3) is 0.824. The normalized spacial score (nSPS) is 38.3. The first kappa shape index (κ1) is 13.1. The second-order valence-corrected chi connectivity index (χ2v) is 8.17. The summed E-state index contributed by atoms with van der Waals surface area (Å²) in [5.74, 6) is 4.75. The zero-order chi connectivity index (χ0) is 14.7. The second-order valence-electron chi connectivity index (χ2n) is 8.17. The molecule has 0 aromatic carbocycles. The summed E-state index contributed by atoms with van der Waals surface area (Å²) in [5.41, 5.74) is -0.0530. The maximum atomic E-state index is 12.9. The highest BCUT2D eigenvalue weighted by molar-refractivity contribution is 5.83. The number of carbonyl (C=O) groups is 1. The van der Waals surface area contributed by atoms with Crippen LogP contribution in [0.4, 0.5) is 0 Å². The van der Waals surface area contributed by atoms with E-state index in [0.29, 0.717) is 12.5 Å². The van der Waals surface area contributed by atoms with Gasteiger partial charge in [0.25, 0.3) is 0 Å². The molecule has 1 N–H and O–H groups in total. The van der Waals surface area contributed by atoms with Crippen molar-refractivity contribution < 1.29 is 4.79 Å². The Morgan fingerprint density at radius 2 is 1.82 bits per heavy atom. The first-order valence-corrected chi connectivity index (χ1v) is 8.91. The average Bonchev–Trinajstić information content (AvgIpc) is 3.06. The van der Waals surface area contributed by atoms with Crippen LogP contribution < -0.4 is 5.32 Å². The number of amides is 1. The molecule has 4 bridgehead atoms. The van der Waals surface area contributed by atoms with Gasteiger partial charge < -0.3 is 9.88 Å². The Kier molecular flexibility index (Phi) is 2.71. The molecule has 4 aliphatic carbocycles. The van der Waals surface area contributed by atoms with Crippen molar-refractivity contribution in [3.05, 3.63) is 11.6 Å². The zero-order valence-corrected chi connectivity index (χ0v) is 13.1. The zero-order valence-electron chi connectivity index (χ0n) is 13.1. The molecule has 1 aromatic rings. The highest BCUT2D eigenvalue weighted by atomic mass is 16.2. The molecule has 0 saturated heterocycles. The van der Waals surface area contributed by atoms with Crippen molar-refractivity contribution in [2.75, 3.05) is 0 Å². The number of rotatable bonds is 3. The molecule has 5 aliphatic rings. The molecular weight excluding hydrogens is 276 g/mol. The molecule has 4 saturated carbocycles. The topological polar surface area (TPSA) is 59.8 Å². The van der Waals surface area contributed by atoms with Crippen molar-refractivity contribution in [1.29, 1.82) is 0 Å². The van der Waals surface area contributed by atoms with E-state index in [1.807, 2.05) is 0 Å². The van der Waals surface area contributed by atoms with E-state index in [9.17, 15) is 4.79 Å². The van der Waals surface area contributed by atoms with Gasteiger partial charge in [0.1, 0.15) is 5.82 Å². The summed E-state index contributed by atoms with van der Waals surface area (Å²) in [5, 5.41) is 11.7. The molecule has 0 radical (unpaired) electrons. The molecule has 1 amide bonds. The Morgan fingerprint density at radius 1 is 1.14 bits per heavy atom. The number of carbonyl (C=O) groups excluding carboxylic acids is 1. The van der Waals surface area contributed by atoms with Crippen molar-refractivity contribution >= 4 is 5.91 Å². The van der Waals surface area contributed by atoms with Gasteiger partial charge in [-0.05, 0) is 62.7 Å². The number of hydrogen-bond donors (Lipinski definition) is 1. The molecule has 22 heavy (non-hydrogen) atoms. The van der Waals surface area contributed by atoms with Crippen LogP contribution in [0.25, 0.3) is 0 Å². The van der Waals surface area contributed by atoms with Crippen LogP contribution in [0, 0.1) is 23.2 Å². The van der Waals surface area contributed by atoms with Gasteiger partial charge in [-0.3, -0.25) is 4.79 Å². The highest BCUT2D eigenvalue weighted by Crippen LogP contribution is 2.60. The Hall–Kier alpha value is -1.39. The number of fused-ring (bicyclic) bond motifs is 1. The van der Waals surface area contributed by atoms with Crippen molar-refractivity contribution in [2.45, 2.75) is 64.5 Å². The summed E-state index contributed by atoms with van der Waals surface area (Å²) in [6.07, 6.45) is 9.70. The number of aromatic nitrogens is 3. The summed E-state index contributed by atoms with van der Waals surface area (Å²) in [7, 11) is 0. The Balaban J connectivity index is 1.31. The van der Waals surface area contributed by atoms with Crippen molar-refractivity contribution in [3.63, 3.8) is 0 Å². The first-order chi connectivity index (χ1) is 10.7. The number of hydrogen-bond acceptors (Lipinski definition) is 3. The SMILES string of the molecule is O=C(NCc1nnc2n1CCC2)C12CC3CC(CC(C3)C1)C2. The van der Waals surface area contributed by atoms with Gasteiger partial charge in [0.2, 0.25) is 5.91 Å². The van der Waals surface area contributed by atoms with Crippen LogP contribution in [-0.2, 0) is 24.3 Å². The van der Waals surface area contributed by atoms with Gasteiger partial charge in [-0.2, -0.15) is 0 Å². The summed E-state index contributed by atoms with van der Waals surface area (Å²) >= 11 is 0. The summed E-state index contributed by atoms with van der Waals surface area (Å²) < 4.78 is 2.18. The maximum absolute atomic E-state index is 12.9. The lowest BCUT2D eigenvalue weighted by molar-refractivity contribution is -0.146. The van der Waals surface area contributed by atoms with Crippen molar-refractivity contribution in [1.82, 2.24) is 20.1 Å². The van der Waals surface area contributed by atoms with E-state index in [1.165, 1.54) is 19.3 Å². The Morgan fingerprint density at radius 3 is 2.50 bits per heavy atom. The summed E-state index contributed by atoms with van der Waals surface area (Å²) in [6, 6.07) is 0. The van der Waals surface area contributed by atoms with Crippen molar-refractivity contribution in [2.24, 2.45) is 23.2 Å². The Labute approximate surface area is 130 Å². The quantitative estimate of drug-likeness (QED) is 0.929. The van der Waals surface area contributed by atoms with E-state index in [-0.39, 0.29) is 5.41 Å². The van der Waals surface area contributed by atoms with Gasteiger partial charge in [-0.25, -0.2) is 0 Å². The van der Waals surface area contributed by atoms with Crippen LogP contribution in [-0.4, -0.2) is 20.7 Å². The number of nitrogens with zero attached hydrogens (tertiary/aromatic N) is 3. The standard InChI is InChI=1S/C17H24N4O/c22-16(18-10-15-20-19-14-2-1-3-21(14)15)17-7-11-4-12(8-17)6-13(5-11)9-17/h11-13H,1-10H2,(H,18,22). The minimum absolute atomic E-state index is 0.0530. The van der Waals surface area contributed by atoms with Gasteiger partial charge >= 0.3 is 0 Å². The molecule has 4 fully saturated rings. The van der Waals surface area contributed by atoms with Crippen LogP contribution in [0.1, 0.15) is 56.6 Å². The van der Waals surface area contributed by atoms with Crippen LogP contribution in [0.3, 0.4) is 0 Å². The third-order valence-electron chi connectivity index (χ3n) is 6.61. The van der Waals surface area contributed by atoms with Gasteiger partial charge in [-0.1, -0.05) is 0 Å². The van der Waals surface area contributed by atoms with Crippen molar-refractivity contribution in [3.8, 4) is 0 Å². The van der Waals surface area contributed by atoms with Gasteiger partial charge in [-0.15, -0.1) is 10.2 Å². The lowest BCUT2D eigenvalue weighted by Gasteiger charge is -2.55. The molecule has 0 unspecified atom stereocenters. The molecular formula is C17H24N4O. The summed E-state index contributed by atoms with van der Waals surface area (Å²) in [4.78, 5) is 12.9. The summed E-state index contributed by atoms with van der Waals surface area (Å²) in [6.45, 7) is 1.55. The van der Waals surface area contributed by atoms with Gasteiger partial charge in [0.05, 0.1) is 6.54 Å². The largest absolute Gasteiger partial charge is 0.348 e. The van der Waals surface area contributed by atoms with E-state index in [0.717, 1.165) is 68.1 Å². The van der Waals surface area contributed by atoms with E-state index in [1.54, 1.807) is 0 Å². The second kappa shape index (κ2) is 4.56. The molecule has 5 heteroatoms. The van der Waals surface area contributed by atoms with E-state index >= 15 is 0 Å². The third kappa shape index (κ3) is 1.87. The van der Waals surface area contributed by atoms with Gasteiger partial charge in [0, 0.05) is 18.4 Å². The number of nitrogens with one attached hydrogen (secondary N) is 1. The van der Waals surface area contributed by atoms with Crippen LogP contribution in [0.2, 0.25) is 0 Å². The molecule has 6 rings (SSSR count). The molecule has 1 aromatic heterocycles. The number of aryl methyl sites for hydroxylation is 1. The van der Waals surface area contributed by atoms with Gasteiger partial charge in [0.15, 0.2) is 5.82 Å². The van der Waals surface area contributed by atoms with Crippen LogP contribution in [0.15, 0.2) is 0 Å². The molecule has 1 aliphatic heterocycles. The predicted octanol–water partition coefficient (Wildman–Crippen LogP) is 2.06. The minimum atomic E-state index is -0.0530. The van der Waals surface area contributed by atoms with E-state index in [4.69, 9.17) is 0 Å². The fourth-order valence-electron chi connectivity index (χ4n) is 6.08. The predicted molar refractivity (Wildman–Crippen MR) is 80.8 cm³/mol. The minimum Gasteiger partial charge on any atom is -0.348 e. The third-order valence-corrected chi connectivity index (χ3v) is 6.61. The fourth-order valence-corrected chi connectivity index (χ4v) is 6.08. The van der Waals surface area contributed by atoms with E-state index < -0.39 is 0 Å². The lowest BCUT2D eigenvalue weighted by atomic mass is 9.49. The molecule has 0 spiro atoms. The molecule has 5 nitrogen and oxygen atoms in total. The smallest absolute Gasteiger partial charge is 0.226 e.